The van der Waals surface area contributed by atoms with Crippen LogP contribution >= 0.6 is 11.6 Å². The Morgan fingerprint density at radius 1 is 1.27 bits per heavy atom. The molecule has 0 N–H and O–H groups in total. The van der Waals surface area contributed by atoms with Gasteiger partial charge in [0.2, 0.25) is 0 Å². The van der Waals surface area contributed by atoms with Crippen molar-refractivity contribution in [1.82, 2.24) is 0 Å². The van der Waals surface area contributed by atoms with Crippen molar-refractivity contribution in [2.45, 2.75) is 4.90 Å². The van der Waals surface area contributed by atoms with Crippen LogP contribution in [-0.4, -0.2) is 23.0 Å². The fourth-order valence-electron chi connectivity index (χ4n) is 0.963. The Balaban J connectivity index is 0.00000196. The first-order valence-corrected chi connectivity index (χ1v) is 5.06. The van der Waals surface area contributed by atoms with Gasteiger partial charge in [-0.15, -0.1) is 0 Å². The van der Waals surface area contributed by atoms with Gasteiger partial charge in [0.1, 0.15) is 11.5 Å². The van der Waals surface area contributed by atoms with E-state index in [2.05, 4.69) is 0 Å². The topological polar surface area (TPSA) is 58.6 Å². The van der Waals surface area contributed by atoms with Gasteiger partial charge in [0.25, 0.3) is 0 Å². The third-order valence-electron chi connectivity index (χ3n) is 1.62. The summed E-state index contributed by atoms with van der Waals surface area (Å²) >= 11 is 3.37. The summed E-state index contributed by atoms with van der Waals surface area (Å²) in [6.45, 7) is 0. The molecule has 0 amide bonds. The van der Waals surface area contributed by atoms with Gasteiger partial charge in [-0.3, -0.25) is 4.21 Å². The first kappa shape index (κ1) is 15.2. The van der Waals surface area contributed by atoms with Gasteiger partial charge in [0.15, 0.2) is 0 Å². The molecule has 0 spiro atoms. The van der Waals surface area contributed by atoms with Gasteiger partial charge >= 0.3 is 29.6 Å². The monoisotopic (exact) mass is 258 g/mol. The molecular weight excluding hydrogens is 251 g/mol. The molecule has 0 saturated carbocycles. The van der Waals surface area contributed by atoms with E-state index in [9.17, 15) is 8.76 Å². The van der Waals surface area contributed by atoms with Crippen LogP contribution in [0.25, 0.3) is 0 Å². The smallest absolute Gasteiger partial charge is 0.768 e. The van der Waals surface area contributed by atoms with Crippen molar-refractivity contribution in [1.29, 1.82) is 0 Å². The van der Waals surface area contributed by atoms with Crippen LogP contribution in [0, 0.1) is 0 Å². The largest absolute Gasteiger partial charge is 1.00 e. The summed E-state index contributed by atoms with van der Waals surface area (Å²) < 4.78 is 31.3. The predicted octanol–water partition coefficient (Wildman–Crippen LogP) is -1.40. The zero-order valence-electron chi connectivity index (χ0n) is 8.57. The Kier molecular flexibility index (Phi) is 6.83. The maximum Gasteiger partial charge on any atom is 1.00 e. The van der Waals surface area contributed by atoms with Gasteiger partial charge in [-0.05, 0) is 17.1 Å². The van der Waals surface area contributed by atoms with Gasteiger partial charge in [-0.1, -0.05) is 11.6 Å². The first-order chi connectivity index (χ1) is 6.60. The molecule has 1 aromatic rings. The Morgan fingerprint density at radius 2 is 1.80 bits per heavy atom. The molecule has 0 aliphatic heterocycles. The Bertz CT molecular complexity index is 372. The van der Waals surface area contributed by atoms with Gasteiger partial charge in [-0.25, -0.2) is 0 Å². The minimum absolute atomic E-state index is 0. The number of methoxy groups -OCH3 is 2. The van der Waals surface area contributed by atoms with Crippen molar-refractivity contribution in [3.05, 3.63) is 17.2 Å². The van der Waals surface area contributed by atoms with E-state index in [1.807, 2.05) is 0 Å². The number of halogens is 1. The van der Waals surface area contributed by atoms with E-state index < -0.39 is 11.1 Å². The molecule has 0 bridgehead atoms. The second-order valence-corrected chi connectivity index (χ2v) is 3.69. The van der Waals surface area contributed by atoms with E-state index >= 15 is 0 Å². The normalized spacial score (nSPS) is 11.5. The average Bonchev–Trinajstić information content (AvgIpc) is 2.17. The van der Waals surface area contributed by atoms with Crippen molar-refractivity contribution in [2.24, 2.45) is 0 Å². The van der Waals surface area contributed by atoms with Gasteiger partial charge < -0.3 is 14.0 Å². The average molecular weight is 259 g/mol. The zero-order valence-corrected chi connectivity index (χ0v) is 12.1. The van der Waals surface area contributed by atoms with E-state index in [1.54, 1.807) is 0 Å². The van der Waals surface area contributed by atoms with E-state index in [0.717, 1.165) is 0 Å². The van der Waals surface area contributed by atoms with E-state index in [1.165, 1.54) is 26.4 Å². The van der Waals surface area contributed by atoms with Gasteiger partial charge in [0.05, 0.1) is 24.1 Å². The molecule has 7 heteroatoms. The Morgan fingerprint density at radius 3 is 2.20 bits per heavy atom. The van der Waals surface area contributed by atoms with E-state index in [0.29, 0.717) is 5.75 Å². The van der Waals surface area contributed by atoms with Crippen molar-refractivity contribution >= 4 is 22.7 Å². The number of hydrogen-bond acceptors (Lipinski definition) is 4. The number of rotatable bonds is 3. The molecule has 1 atom stereocenters. The molecule has 0 aliphatic rings. The van der Waals surface area contributed by atoms with Crippen molar-refractivity contribution in [3.8, 4) is 11.5 Å². The first-order valence-electron chi connectivity index (χ1n) is 3.61. The molecule has 0 aliphatic carbocycles. The van der Waals surface area contributed by atoms with Crippen LogP contribution in [0.15, 0.2) is 17.0 Å². The maximum atomic E-state index is 10.8. The molecule has 0 radical (unpaired) electrons. The summed E-state index contributed by atoms with van der Waals surface area (Å²) in [5.41, 5.74) is 0. The van der Waals surface area contributed by atoms with Gasteiger partial charge in [-0.2, -0.15) is 0 Å². The van der Waals surface area contributed by atoms with Crippen molar-refractivity contribution in [3.63, 3.8) is 0 Å². The zero-order chi connectivity index (χ0) is 10.7. The second-order valence-electron chi connectivity index (χ2n) is 2.37. The number of ether oxygens (including phenoxy) is 2. The summed E-state index contributed by atoms with van der Waals surface area (Å²) in [6, 6.07) is 2.70. The van der Waals surface area contributed by atoms with Crippen molar-refractivity contribution < 1.29 is 47.8 Å². The van der Waals surface area contributed by atoms with Crippen LogP contribution in [0.5, 0.6) is 11.5 Å². The molecule has 4 nitrogen and oxygen atoms in total. The van der Waals surface area contributed by atoms with Crippen LogP contribution in [0.4, 0.5) is 0 Å². The maximum absolute atomic E-state index is 10.8. The van der Waals surface area contributed by atoms with E-state index in [-0.39, 0.29) is 45.2 Å². The summed E-state index contributed by atoms with van der Waals surface area (Å²) in [5.74, 6) is 0.581. The Hall–Kier alpha value is 0.220. The molecule has 78 valence electrons. The van der Waals surface area contributed by atoms with Crippen molar-refractivity contribution in [2.75, 3.05) is 14.2 Å². The van der Waals surface area contributed by atoms with Gasteiger partial charge in [0, 0.05) is 6.07 Å². The quantitative estimate of drug-likeness (QED) is 0.494. The van der Waals surface area contributed by atoms with Crippen LogP contribution < -0.4 is 39.0 Å². The number of benzene rings is 1. The summed E-state index contributed by atoms with van der Waals surface area (Å²) in [7, 11) is 2.81. The summed E-state index contributed by atoms with van der Waals surface area (Å²) in [5, 5.41) is 0.229. The van der Waals surface area contributed by atoms with E-state index in [4.69, 9.17) is 21.1 Å². The molecule has 0 saturated heterocycles. The standard InChI is InChI=1S/C8H9ClO4S.Na/c1-12-6-4-7(13-2)8(14(10)11)3-5(6)9;/h3-4H,1-2H3,(H,10,11);/q;+1/p-1. The molecule has 0 heterocycles. The minimum atomic E-state index is -2.38. The predicted molar refractivity (Wildman–Crippen MR) is 51.7 cm³/mol. The second kappa shape index (κ2) is 6.73. The minimum Gasteiger partial charge on any atom is -0.768 e. The molecule has 1 rings (SSSR count). The summed E-state index contributed by atoms with van der Waals surface area (Å²) in [6.07, 6.45) is 0. The fourth-order valence-corrected chi connectivity index (χ4v) is 1.79. The molecule has 0 aromatic heterocycles. The third-order valence-corrected chi connectivity index (χ3v) is 2.59. The SMILES string of the molecule is COc1cc(OC)c(S(=O)[O-])cc1Cl.[Na+]. The summed E-state index contributed by atoms with van der Waals surface area (Å²) in [4.78, 5) is 0.0123. The van der Waals surface area contributed by atoms with Crippen LogP contribution in [0.2, 0.25) is 5.02 Å². The molecule has 1 unspecified atom stereocenters. The third kappa shape index (κ3) is 3.62. The molecule has 0 fully saturated rings. The molecule has 1 aromatic carbocycles. The molecule has 15 heavy (non-hydrogen) atoms. The number of hydrogen-bond donors (Lipinski definition) is 0. The van der Waals surface area contributed by atoms with Crippen LogP contribution in [0.3, 0.4) is 0 Å². The molecular formula is C8H8ClNaO4S. The fraction of sp³-hybridized carbons (Fsp3) is 0.250. The van der Waals surface area contributed by atoms with Crippen LogP contribution in [0.1, 0.15) is 0 Å². The Labute approximate surface area is 117 Å². The van der Waals surface area contributed by atoms with Crippen LogP contribution in [-0.2, 0) is 11.1 Å².